The average molecular weight is 436 g/mol. The summed E-state index contributed by atoms with van der Waals surface area (Å²) >= 11 is 1.73. The minimum Gasteiger partial charge on any atom is -0.352 e. The Bertz CT molecular complexity index is 961. The summed E-state index contributed by atoms with van der Waals surface area (Å²) in [5.74, 6) is 1.54. The van der Waals surface area contributed by atoms with Crippen LogP contribution in [-0.4, -0.2) is 42.7 Å². The summed E-state index contributed by atoms with van der Waals surface area (Å²) in [6, 6.07) is 14.3. The van der Waals surface area contributed by atoms with Gasteiger partial charge >= 0.3 is 0 Å². The summed E-state index contributed by atoms with van der Waals surface area (Å²) in [5, 5.41) is 3.10. The lowest BCUT2D eigenvalue weighted by atomic mass is 9.92. The van der Waals surface area contributed by atoms with Crippen LogP contribution < -0.4 is 5.32 Å². The van der Waals surface area contributed by atoms with Gasteiger partial charge in [0.2, 0.25) is 0 Å². The molecule has 1 fully saturated rings. The molecule has 2 aromatic rings. The normalized spacial score (nSPS) is 20.9. The maximum absolute atomic E-state index is 12.8. The first-order chi connectivity index (χ1) is 15.0. The Kier molecular flexibility index (Phi) is 7.13. The second-order valence-electron chi connectivity index (χ2n) is 9.01. The monoisotopic (exact) mass is 435 g/mol. The van der Waals surface area contributed by atoms with Crippen LogP contribution in [0.4, 0.5) is 5.69 Å². The van der Waals surface area contributed by atoms with E-state index in [1.54, 1.807) is 11.8 Å². The van der Waals surface area contributed by atoms with Crippen molar-refractivity contribution < 1.29 is 4.79 Å². The number of amides is 1. The fourth-order valence-electron chi connectivity index (χ4n) is 4.80. The highest BCUT2D eigenvalue weighted by Crippen LogP contribution is 2.41. The number of fused-ring (bicyclic) bond motifs is 2. The molecule has 31 heavy (non-hydrogen) atoms. The molecule has 2 aromatic carbocycles. The molecule has 2 atom stereocenters. The average Bonchev–Trinajstić information content (AvgIpc) is 2.91. The molecule has 2 aliphatic heterocycles. The van der Waals surface area contributed by atoms with Gasteiger partial charge in [-0.05, 0) is 61.9 Å². The molecule has 0 unspecified atom stereocenters. The molecular weight excluding hydrogens is 402 g/mol. The van der Waals surface area contributed by atoms with E-state index < -0.39 is 0 Å². The van der Waals surface area contributed by atoms with Gasteiger partial charge in [-0.15, -0.1) is 0 Å². The number of hydrogen-bond acceptors (Lipinski definition) is 4. The molecule has 164 valence electrons. The summed E-state index contributed by atoms with van der Waals surface area (Å²) in [4.78, 5) is 22.5. The van der Waals surface area contributed by atoms with Crippen LogP contribution in [0.3, 0.4) is 0 Å². The Morgan fingerprint density at radius 3 is 2.68 bits per heavy atom. The molecule has 2 aliphatic rings. The third kappa shape index (κ3) is 5.39. The summed E-state index contributed by atoms with van der Waals surface area (Å²) in [6.45, 7) is 10.9. The molecule has 1 amide bonds. The van der Waals surface area contributed by atoms with Crippen LogP contribution in [0.25, 0.3) is 0 Å². The van der Waals surface area contributed by atoms with Gasteiger partial charge in [-0.1, -0.05) is 50.7 Å². The zero-order valence-electron chi connectivity index (χ0n) is 18.9. The van der Waals surface area contributed by atoms with Crippen molar-refractivity contribution in [3.8, 4) is 0 Å². The predicted octanol–water partition coefficient (Wildman–Crippen LogP) is 5.78. The molecule has 0 spiro atoms. The molecule has 0 radical (unpaired) electrons. The van der Waals surface area contributed by atoms with Crippen molar-refractivity contribution in [1.29, 1.82) is 0 Å². The second-order valence-corrected chi connectivity index (χ2v) is 10.1. The van der Waals surface area contributed by atoms with E-state index in [-0.39, 0.29) is 5.91 Å². The second kappa shape index (κ2) is 10.0. The van der Waals surface area contributed by atoms with Crippen LogP contribution in [0.1, 0.15) is 56.0 Å². The molecule has 4 nitrogen and oxygen atoms in total. The Hall–Kier alpha value is -2.11. The summed E-state index contributed by atoms with van der Waals surface area (Å²) < 4.78 is 0. The van der Waals surface area contributed by atoms with Crippen molar-refractivity contribution in [3.05, 3.63) is 53.6 Å². The van der Waals surface area contributed by atoms with Gasteiger partial charge in [-0.25, -0.2) is 0 Å². The zero-order valence-corrected chi connectivity index (χ0v) is 19.7. The van der Waals surface area contributed by atoms with Crippen molar-refractivity contribution in [3.63, 3.8) is 0 Å². The van der Waals surface area contributed by atoms with Crippen molar-refractivity contribution in [1.82, 2.24) is 10.2 Å². The van der Waals surface area contributed by atoms with E-state index in [1.165, 1.54) is 30.0 Å². The first kappa shape index (κ1) is 22.1. The third-order valence-corrected chi connectivity index (χ3v) is 7.25. The van der Waals surface area contributed by atoms with E-state index in [1.807, 2.05) is 18.2 Å². The number of benzene rings is 2. The number of carbonyl (C=O) groups excluding carboxylic acids is 1. The quantitative estimate of drug-likeness (QED) is 0.585. The molecule has 1 N–H and O–H groups in total. The highest BCUT2D eigenvalue weighted by atomic mass is 32.2. The highest BCUT2D eigenvalue weighted by Gasteiger charge is 2.21. The molecule has 0 aromatic heterocycles. The first-order valence-electron chi connectivity index (χ1n) is 11.5. The minimum absolute atomic E-state index is 0.0109. The lowest BCUT2D eigenvalue weighted by Gasteiger charge is -2.34. The topological polar surface area (TPSA) is 44.7 Å². The van der Waals surface area contributed by atoms with Gasteiger partial charge in [0, 0.05) is 46.3 Å². The zero-order chi connectivity index (χ0) is 21.8. The number of nitrogens with zero attached hydrogens (tertiary/aromatic N) is 2. The van der Waals surface area contributed by atoms with Gasteiger partial charge in [0.1, 0.15) is 0 Å². The van der Waals surface area contributed by atoms with Gasteiger partial charge in [-0.3, -0.25) is 9.79 Å². The van der Waals surface area contributed by atoms with E-state index in [4.69, 9.17) is 4.99 Å². The molecule has 0 bridgehead atoms. The Morgan fingerprint density at radius 2 is 1.90 bits per heavy atom. The SMILES string of the molecule is CCC1=Nc2cc(C(=O)NCCCN3C[C@H](C)C[C@@H](C)C3)ccc2Sc2ccccc21. The standard InChI is InChI=1S/C26H33N3OS/c1-4-22-21-8-5-6-9-24(21)31-25-11-10-20(15-23(25)28-22)26(30)27-12-7-13-29-16-18(2)14-19(3)17-29/h5-6,8-11,15,18-19H,4,7,12-14,16-17H2,1-3H3,(H,27,30)/t18-,19-/m1/s1. The van der Waals surface area contributed by atoms with E-state index >= 15 is 0 Å². The number of hydrogen-bond donors (Lipinski definition) is 1. The maximum atomic E-state index is 12.8. The Morgan fingerprint density at radius 1 is 1.13 bits per heavy atom. The highest BCUT2D eigenvalue weighted by molar-refractivity contribution is 7.99. The largest absolute Gasteiger partial charge is 0.352 e. The molecule has 4 rings (SSSR count). The van der Waals surface area contributed by atoms with E-state index in [0.717, 1.165) is 47.5 Å². The number of rotatable bonds is 6. The van der Waals surface area contributed by atoms with Crippen LogP contribution in [0.15, 0.2) is 57.2 Å². The molecule has 5 heteroatoms. The smallest absolute Gasteiger partial charge is 0.251 e. The van der Waals surface area contributed by atoms with Crippen LogP contribution >= 0.6 is 11.8 Å². The molecule has 0 saturated carbocycles. The Labute approximate surface area is 190 Å². The maximum Gasteiger partial charge on any atom is 0.251 e. The van der Waals surface area contributed by atoms with Gasteiger partial charge < -0.3 is 10.2 Å². The molecule has 1 saturated heterocycles. The molecule has 0 aliphatic carbocycles. The summed E-state index contributed by atoms with van der Waals surface area (Å²) in [6.07, 6.45) is 3.18. The molecular formula is C26H33N3OS. The fourth-order valence-corrected chi connectivity index (χ4v) is 5.83. The lowest BCUT2D eigenvalue weighted by molar-refractivity contribution is 0.0947. The first-order valence-corrected chi connectivity index (χ1v) is 12.3. The number of nitrogens with one attached hydrogen (secondary N) is 1. The number of aliphatic imine (C=N–C) groups is 1. The van der Waals surface area contributed by atoms with Crippen molar-refractivity contribution in [2.45, 2.75) is 49.8 Å². The van der Waals surface area contributed by atoms with Gasteiger partial charge in [0.15, 0.2) is 0 Å². The minimum atomic E-state index is -0.0109. The van der Waals surface area contributed by atoms with E-state index in [0.29, 0.717) is 12.1 Å². The van der Waals surface area contributed by atoms with Gasteiger partial charge in [0.05, 0.1) is 5.69 Å². The number of carbonyl (C=O) groups is 1. The summed E-state index contributed by atoms with van der Waals surface area (Å²) in [5.41, 5.74) is 3.84. The predicted molar refractivity (Wildman–Crippen MR) is 130 cm³/mol. The van der Waals surface area contributed by atoms with Crippen LogP contribution in [0.5, 0.6) is 0 Å². The molecule has 2 heterocycles. The Balaban J connectivity index is 1.38. The van der Waals surface area contributed by atoms with Crippen molar-refractivity contribution in [2.75, 3.05) is 26.2 Å². The van der Waals surface area contributed by atoms with Gasteiger partial charge in [-0.2, -0.15) is 0 Å². The fraction of sp³-hybridized carbons (Fsp3) is 0.462. The van der Waals surface area contributed by atoms with Crippen molar-refractivity contribution in [2.24, 2.45) is 16.8 Å². The lowest BCUT2D eigenvalue weighted by Crippen LogP contribution is -2.40. The third-order valence-electron chi connectivity index (χ3n) is 6.11. The number of piperidine rings is 1. The number of likely N-dealkylation sites (tertiary alicyclic amines) is 1. The van der Waals surface area contributed by atoms with E-state index in [9.17, 15) is 4.79 Å². The van der Waals surface area contributed by atoms with Crippen LogP contribution in [-0.2, 0) is 0 Å². The van der Waals surface area contributed by atoms with Crippen molar-refractivity contribution >= 4 is 29.1 Å². The van der Waals surface area contributed by atoms with E-state index in [2.05, 4.69) is 55.3 Å². The van der Waals surface area contributed by atoms with Crippen LogP contribution in [0.2, 0.25) is 0 Å². The summed E-state index contributed by atoms with van der Waals surface area (Å²) in [7, 11) is 0. The van der Waals surface area contributed by atoms with Crippen LogP contribution in [0, 0.1) is 11.8 Å². The van der Waals surface area contributed by atoms with Gasteiger partial charge in [0.25, 0.3) is 5.91 Å².